The third-order valence-electron chi connectivity index (χ3n) is 20.9. The van der Waals surface area contributed by atoms with Crippen molar-refractivity contribution in [3.05, 3.63) is 399 Å². The van der Waals surface area contributed by atoms with E-state index in [0.717, 1.165) is 34.1 Å². The Bertz CT molecular complexity index is 5980. The molecule has 0 aliphatic heterocycles. The Morgan fingerprint density at radius 1 is 0.158 bits per heavy atom. The first kappa shape index (κ1) is 60.5. The van der Waals surface area contributed by atoms with E-state index in [0.29, 0.717) is 0 Å². The summed E-state index contributed by atoms with van der Waals surface area (Å²) in [6.45, 7) is 4.72. The van der Waals surface area contributed by atoms with E-state index < -0.39 is 0 Å². The lowest BCUT2D eigenvalue weighted by Crippen LogP contribution is -2.16. The van der Waals surface area contributed by atoms with Gasteiger partial charge in [0.1, 0.15) is 0 Å². The molecule has 18 aromatic carbocycles. The van der Waals surface area contributed by atoms with E-state index >= 15 is 0 Å². The number of hydrogen-bond donors (Lipinski definition) is 0. The van der Waals surface area contributed by atoms with Crippen molar-refractivity contribution in [3.8, 4) is 66.8 Å². The molecule has 0 atom stereocenters. The number of nitrogens with zero attached hydrogens (tertiary/aromatic N) is 2. The van der Waals surface area contributed by atoms with Crippen LogP contribution in [0.15, 0.2) is 388 Å². The maximum atomic E-state index is 2.44. The van der Waals surface area contributed by atoms with Gasteiger partial charge in [-0.15, -0.1) is 0 Å². The average Bonchev–Trinajstić information content (AvgIpc) is 1.68. The molecular weight excluding hydrogens is 1220 g/mol. The molecule has 0 unspecified atom stereocenters. The molecule has 0 amide bonds. The fourth-order valence-electron chi connectivity index (χ4n) is 15.8. The van der Waals surface area contributed by atoms with Crippen LogP contribution in [0.1, 0.15) is 25.0 Å². The summed E-state index contributed by atoms with van der Waals surface area (Å²) in [6.07, 6.45) is 0. The van der Waals surface area contributed by atoms with Crippen LogP contribution in [-0.4, -0.2) is 0 Å². The van der Waals surface area contributed by atoms with Crippen molar-refractivity contribution in [1.82, 2.24) is 0 Å². The van der Waals surface area contributed by atoms with E-state index in [1.807, 2.05) is 0 Å². The molecule has 2 heteroatoms. The number of fused-ring (bicyclic) bond motifs is 15. The Kier molecular flexibility index (Phi) is 15.3. The Hall–Kier alpha value is -12.9. The normalized spacial score (nSPS) is 12.1. The van der Waals surface area contributed by atoms with Gasteiger partial charge in [0.25, 0.3) is 0 Å². The summed E-state index contributed by atoms with van der Waals surface area (Å²) in [5.74, 6) is 0. The minimum absolute atomic E-state index is 0.0954. The Morgan fingerprint density at radius 3 is 0.772 bits per heavy atom. The first-order valence-electron chi connectivity index (χ1n) is 35.0. The van der Waals surface area contributed by atoms with Gasteiger partial charge < -0.3 is 9.80 Å². The zero-order valence-corrected chi connectivity index (χ0v) is 56.3. The van der Waals surface area contributed by atoms with Crippen molar-refractivity contribution in [2.45, 2.75) is 19.3 Å². The Labute approximate surface area is 590 Å². The van der Waals surface area contributed by atoms with Crippen molar-refractivity contribution in [2.75, 3.05) is 9.80 Å². The molecule has 476 valence electrons. The summed E-state index contributed by atoms with van der Waals surface area (Å²) < 4.78 is 0. The van der Waals surface area contributed by atoms with Crippen molar-refractivity contribution in [1.29, 1.82) is 0 Å². The molecular formula is C99H70N2. The van der Waals surface area contributed by atoms with Gasteiger partial charge in [0, 0.05) is 39.5 Å². The fraction of sp³-hybridized carbons (Fsp3) is 0.0303. The molecule has 0 N–H and O–H groups in total. The van der Waals surface area contributed by atoms with Gasteiger partial charge >= 0.3 is 0 Å². The van der Waals surface area contributed by atoms with Crippen LogP contribution in [0.5, 0.6) is 0 Å². The second kappa shape index (κ2) is 25.5. The molecule has 0 saturated heterocycles. The molecule has 0 bridgehead atoms. The zero-order valence-electron chi connectivity index (χ0n) is 56.3. The van der Waals surface area contributed by atoms with Gasteiger partial charge in [-0.1, -0.05) is 317 Å². The van der Waals surface area contributed by atoms with Crippen LogP contribution >= 0.6 is 0 Å². The van der Waals surface area contributed by atoms with Gasteiger partial charge in [0.2, 0.25) is 0 Å². The zero-order chi connectivity index (χ0) is 67.4. The minimum Gasteiger partial charge on any atom is -0.310 e. The van der Waals surface area contributed by atoms with Gasteiger partial charge in [-0.25, -0.2) is 0 Å². The molecule has 0 spiro atoms. The summed E-state index contributed by atoms with van der Waals surface area (Å²) in [6, 6.07) is 142. The smallest absolute Gasteiger partial charge is 0.0468 e. The summed E-state index contributed by atoms with van der Waals surface area (Å²) in [5, 5.41) is 15.2. The van der Waals surface area contributed by atoms with Crippen LogP contribution in [-0.2, 0) is 5.41 Å². The van der Waals surface area contributed by atoms with Crippen LogP contribution in [0.4, 0.5) is 34.1 Å². The van der Waals surface area contributed by atoms with E-state index in [4.69, 9.17) is 0 Å². The molecule has 0 fully saturated rings. The van der Waals surface area contributed by atoms with Gasteiger partial charge in [-0.2, -0.15) is 0 Å². The lowest BCUT2D eigenvalue weighted by Gasteiger charge is -2.28. The van der Waals surface area contributed by atoms with E-state index in [2.05, 4.69) is 412 Å². The topological polar surface area (TPSA) is 6.48 Å². The number of hydrogen-bond acceptors (Lipinski definition) is 2. The van der Waals surface area contributed by atoms with E-state index in [9.17, 15) is 0 Å². The lowest BCUT2D eigenvalue weighted by molar-refractivity contribution is 0.660. The summed E-state index contributed by atoms with van der Waals surface area (Å²) in [5.41, 5.74) is 24.3. The number of anilines is 6. The van der Waals surface area contributed by atoms with Crippen LogP contribution < -0.4 is 9.80 Å². The first-order valence-corrected chi connectivity index (χ1v) is 35.0. The highest BCUT2D eigenvalue weighted by atomic mass is 15.1. The quantitative estimate of drug-likeness (QED) is 0.119. The van der Waals surface area contributed by atoms with Crippen molar-refractivity contribution in [2.24, 2.45) is 0 Å². The molecule has 0 heterocycles. The van der Waals surface area contributed by atoms with Crippen molar-refractivity contribution >= 4 is 98.8 Å². The number of rotatable bonds is 11. The van der Waals surface area contributed by atoms with Crippen molar-refractivity contribution in [3.63, 3.8) is 0 Å². The third-order valence-corrected chi connectivity index (χ3v) is 20.9. The highest BCUT2D eigenvalue weighted by Crippen LogP contribution is 2.52. The maximum Gasteiger partial charge on any atom is 0.0468 e. The summed E-state index contributed by atoms with van der Waals surface area (Å²) in [4.78, 5) is 4.81. The van der Waals surface area contributed by atoms with Crippen LogP contribution in [0.25, 0.3) is 131 Å². The third kappa shape index (κ3) is 11.0. The van der Waals surface area contributed by atoms with Gasteiger partial charge in [-0.3, -0.25) is 0 Å². The maximum absolute atomic E-state index is 2.44. The summed E-state index contributed by atoms with van der Waals surface area (Å²) in [7, 11) is 0. The van der Waals surface area contributed by atoms with Gasteiger partial charge in [0.15, 0.2) is 0 Å². The van der Waals surface area contributed by atoms with E-state index in [1.54, 1.807) is 0 Å². The standard InChI is InChI=1S/C51H37N.C48H33N/c1-51(2)49-20-12-11-19-45(49)46-30-27-40(33-50(46)51)52(38-24-21-36(22-25-38)34-13-5-3-6-14-34)39-26-29-44-43-28-23-37(35-15-7-4-8-16-35)31-47(43)41-17-9-10-18-42(41)48(44)32-39;1-4-12-34(13-5-1)37-20-25-40(26-21-37)49(41-27-22-38(23-28-41)35-14-6-2-7-15-35)42-29-31-46-45-30-24-39(36-16-8-3-9-17-36)32-47(45)43-18-10-11-19-44(43)48(46)33-42/h3-33H,1-2H3;1-33H. The van der Waals surface area contributed by atoms with Gasteiger partial charge in [0.05, 0.1) is 0 Å². The molecule has 1 aliphatic rings. The average molecular weight is 1290 g/mol. The monoisotopic (exact) mass is 1290 g/mol. The molecule has 18 aromatic rings. The van der Waals surface area contributed by atoms with E-state index in [1.165, 1.54) is 143 Å². The molecule has 101 heavy (non-hydrogen) atoms. The predicted molar refractivity (Wildman–Crippen MR) is 432 cm³/mol. The Balaban J connectivity index is 0.000000145. The molecule has 1 aliphatic carbocycles. The van der Waals surface area contributed by atoms with Crippen LogP contribution in [0.3, 0.4) is 0 Å². The Morgan fingerprint density at radius 2 is 0.396 bits per heavy atom. The van der Waals surface area contributed by atoms with Crippen LogP contribution in [0.2, 0.25) is 0 Å². The SMILES string of the molecule is CC1(C)c2ccccc2-c2ccc(N(c3ccc(-c4ccccc4)cc3)c3ccc4c5ccc(-c6ccccc6)cc5c5ccccc5c4c3)cc21.c1ccc(-c2ccc(N(c3ccc(-c4ccccc4)cc3)c3ccc4c5ccc(-c6ccccc6)cc5c5ccccc5c4c3)cc2)cc1. The second-order valence-electron chi connectivity index (χ2n) is 27.1. The first-order chi connectivity index (χ1) is 49.8. The molecule has 0 aromatic heterocycles. The van der Waals surface area contributed by atoms with E-state index in [-0.39, 0.29) is 5.41 Å². The highest BCUT2D eigenvalue weighted by molar-refractivity contribution is 6.28. The molecule has 0 saturated carbocycles. The second-order valence-corrected chi connectivity index (χ2v) is 27.1. The lowest BCUT2D eigenvalue weighted by atomic mass is 9.82. The molecule has 0 radical (unpaired) electrons. The molecule has 2 nitrogen and oxygen atoms in total. The molecule has 19 rings (SSSR count). The predicted octanol–water partition coefficient (Wildman–Crippen LogP) is 27.9. The van der Waals surface area contributed by atoms with Crippen LogP contribution in [0, 0.1) is 0 Å². The highest BCUT2D eigenvalue weighted by Gasteiger charge is 2.36. The number of benzene rings is 18. The minimum atomic E-state index is -0.0954. The summed E-state index contributed by atoms with van der Waals surface area (Å²) >= 11 is 0. The largest absolute Gasteiger partial charge is 0.310 e. The fourth-order valence-corrected chi connectivity index (χ4v) is 15.8. The van der Waals surface area contributed by atoms with Crippen molar-refractivity contribution < 1.29 is 0 Å². The van der Waals surface area contributed by atoms with Gasteiger partial charge in [-0.05, 0) is 227 Å².